The average Bonchev–Trinajstić information content (AvgIpc) is 2.67. The summed E-state index contributed by atoms with van der Waals surface area (Å²) in [6.45, 7) is 9.05. The summed E-state index contributed by atoms with van der Waals surface area (Å²) in [6, 6.07) is 0. The predicted molar refractivity (Wildman–Crippen MR) is 114 cm³/mol. The number of carbonyl (C=O) groups is 2. The number of ether oxygens (including phenoxy) is 2. The minimum atomic E-state index is -0.823. The normalized spacial score (nSPS) is 11.1. The number of alkyl carbamates (subject to hydrolysis) is 2. The fraction of sp³-hybridized carbons (Fsp3) is 0.909. The summed E-state index contributed by atoms with van der Waals surface area (Å²) < 4.78 is 10.5. The van der Waals surface area contributed by atoms with E-state index in [9.17, 15) is 9.59 Å². The van der Waals surface area contributed by atoms with Gasteiger partial charge in [0.15, 0.2) is 0 Å². The van der Waals surface area contributed by atoms with Crippen molar-refractivity contribution in [2.45, 2.75) is 117 Å². The van der Waals surface area contributed by atoms with Gasteiger partial charge < -0.3 is 9.47 Å². The molecule has 166 valence electrons. The Labute approximate surface area is 172 Å². The third-order valence-corrected chi connectivity index (χ3v) is 4.96. The van der Waals surface area contributed by atoms with Gasteiger partial charge in [-0.25, -0.2) is 9.59 Å². The van der Waals surface area contributed by atoms with Gasteiger partial charge in [0, 0.05) is 0 Å². The van der Waals surface area contributed by atoms with Crippen LogP contribution in [-0.2, 0) is 9.47 Å². The molecule has 0 atom stereocenters. The molecule has 0 fully saturated rings. The molecule has 0 rings (SSSR count). The van der Waals surface area contributed by atoms with E-state index in [2.05, 4.69) is 17.6 Å². The van der Waals surface area contributed by atoms with Crippen LogP contribution in [0.15, 0.2) is 0 Å². The van der Waals surface area contributed by atoms with Crippen molar-refractivity contribution in [3.63, 3.8) is 0 Å². The van der Waals surface area contributed by atoms with E-state index in [1.165, 1.54) is 32.1 Å². The van der Waals surface area contributed by atoms with Crippen LogP contribution in [0.2, 0.25) is 0 Å². The Bertz CT molecular complexity index is 378. The van der Waals surface area contributed by atoms with Crippen molar-refractivity contribution in [1.29, 1.82) is 0 Å². The van der Waals surface area contributed by atoms with Crippen molar-refractivity contribution < 1.29 is 19.1 Å². The summed E-state index contributed by atoms with van der Waals surface area (Å²) in [5, 5.41) is 5.80. The first kappa shape index (κ1) is 26.5. The number of rotatable bonds is 17. The number of amides is 2. The van der Waals surface area contributed by atoms with Crippen LogP contribution < -0.4 is 10.6 Å². The van der Waals surface area contributed by atoms with Crippen molar-refractivity contribution >= 4 is 12.2 Å². The lowest BCUT2D eigenvalue weighted by Gasteiger charge is -2.34. The maximum atomic E-state index is 12.2. The molecular weight excluding hydrogens is 356 g/mol. The summed E-state index contributed by atoms with van der Waals surface area (Å²) in [5.74, 6) is 0. The summed E-state index contributed by atoms with van der Waals surface area (Å²) in [4.78, 5) is 24.4. The number of hydrogen-bond donors (Lipinski definition) is 2. The van der Waals surface area contributed by atoms with Crippen LogP contribution in [0.25, 0.3) is 0 Å². The molecule has 0 aromatic rings. The Kier molecular flexibility index (Phi) is 16.7. The van der Waals surface area contributed by atoms with Crippen LogP contribution in [0.4, 0.5) is 9.59 Å². The SMILES string of the molecule is CCCCCCCCCC(CC)(NC(=O)OCCCC)NC(=O)OCCCC. The van der Waals surface area contributed by atoms with Crippen LogP contribution in [-0.4, -0.2) is 31.1 Å². The van der Waals surface area contributed by atoms with Gasteiger partial charge in [-0.3, -0.25) is 10.6 Å². The predicted octanol–water partition coefficient (Wildman–Crippen LogP) is 6.29. The number of unbranched alkanes of at least 4 members (excludes halogenated alkanes) is 8. The number of carbonyl (C=O) groups excluding carboxylic acids is 2. The lowest BCUT2D eigenvalue weighted by atomic mass is 9.97. The standard InChI is InChI=1S/C22H44N2O4/c1-5-9-12-13-14-15-16-17-22(8-4,23-20(25)27-18-10-6-2)24-21(26)28-19-11-7-3/h5-19H2,1-4H3,(H,23,25)(H,24,26). The lowest BCUT2D eigenvalue weighted by Crippen LogP contribution is -2.60. The highest BCUT2D eigenvalue weighted by atomic mass is 16.6. The van der Waals surface area contributed by atoms with Crippen molar-refractivity contribution in [3.8, 4) is 0 Å². The summed E-state index contributed by atoms with van der Waals surface area (Å²) in [5.41, 5.74) is -0.823. The Morgan fingerprint density at radius 3 is 1.50 bits per heavy atom. The Balaban J connectivity index is 4.66. The van der Waals surface area contributed by atoms with Gasteiger partial charge in [0.25, 0.3) is 0 Å². The zero-order valence-electron chi connectivity index (χ0n) is 18.7. The van der Waals surface area contributed by atoms with E-state index < -0.39 is 17.8 Å². The van der Waals surface area contributed by atoms with Gasteiger partial charge in [-0.05, 0) is 32.1 Å². The van der Waals surface area contributed by atoms with Crippen molar-refractivity contribution in [2.24, 2.45) is 0 Å². The van der Waals surface area contributed by atoms with E-state index in [1.807, 2.05) is 20.8 Å². The molecule has 2 amide bonds. The van der Waals surface area contributed by atoms with Gasteiger partial charge in [-0.15, -0.1) is 0 Å². The molecule has 6 nitrogen and oxygen atoms in total. The molecule has 0 heterocycles. The van der Waals surface area contributed by atoms with Gasteiger partial charge in [0.05, 0.1) is 13.2 Å². The Hall–Kier alpha value is -1.46. The third kappa shape index (κ3) is 13.7. The molecule has 0 aromatic carbocycles. The molecule has 0 aliphatic carbocycles. The minimum Gasteiger partial charge on any atom is -0.450 e. The molecular formula is C22H44N2O4. The minimum absolute atomic E-state index is 0.389. The molecule has 0 aliphatic rings. The molecule has 0 bridgehead atoms. The van der Waals surface area contributed by atoms with Gasteiger partial charge in [0.2, 0.25) is 0 Å². The summed E-state index contributed by atoms with van der Waals surface area (Å²) >= 11 is 0. The molecule has 0 unspecified atom stereocenters. The molecule has 0 radical (unpaired) electrons. The average molecular weight is 401 g/mol. The monoisotopic (exact) mass is 400 g/mol. The van der Waals surface area contributed by atoms with E-state index in [-0.39, 0.29) is 0 Å². The molecule has 28 heavy (non-hydrogen) atoms. The fourth-order valence-corrected chi connectivity index (χ4v) is 2.98. The highest BCUT2D eigenvalue weighted by Gasteiger charge is 2.32. The van der Waals surface area contributed by atoms with Gasteiger partial charge in [-0.2, -0.15) is 0 Å². The van der Waals surface area contributed by atoms with Gasteiger partial charge >= 0.3 is 12.2 Å². The van der Waals surface area contributed by atoms with Gasteiger partial charge in [-0.1, -0.05) is 79.1 Å². The second-order valence-corrected chi connectivity index (χ2v) is 7.54. The van der Waals surface area contributed by atoms with E-state index in [4.69, 9.17) is 9.47 Å². The molecule has 0 aliphatic heterocycles. The van der Waals surface area contributed by atoms with Crippen LogP contribution >= 0.6 is 0 Å². The second-order valence-electron chi connectivity index (χ2n) is 7.54. The first-order valence-corrected chi connectivity index (χ1v) is 11.4. The first-order chi connectivity index (χ1) is 13.5. The zero-order valence-corrected chi connectivity index (χ0v) is 18.7. The van der Waals surface area contributed by atoms with E-state index in [1.54, 1.807) is 0 Å². The van der Waals surface area contributed by atoms with Crippen molar-refractivity contribution in [2.75, 3.05) is 13.2 Å². The van der Waals surface area contributed by atoms with Gasteiger partial charge in [0.1, 0.15) is 5.66 Å². The fourth-order valence-electron chi connectivity index (χ4n) is 2.98. The second kappa shape index (κ2) is 17.6. The maximum absolute atomic E-state index is 12.2. The first-order valence-electron chi connectivity index (χ1n) is 11.4. The number of nitrogens with one attached hydrogen (secondary N) is 2. The summed E-state index contributed by atoms with van der Waals surface area (Å²) in [7, 11) is 0. The molecule has 0 saturated heterocycles. The van der Waals surface area contributed by atoms with Crippen molar-refractivity contribution in [1.82, 2.24) is 10.6 Å². The highest BCUT2D eigenvalue weighted by Crippen LogP contribution is 2.19. The smallest absolute Gasteiger partial charge is 0.408 e. The summed E-state index contributed by atoms with van der Waals surface area (Å²) in [6.07, 6.45) is 12.1. The van der Waals surface area contributed by atoms with Crippen molar-refractivity contribution in [3.05, 3.63) is 0 Å². The topological polar surface area (TPSA) is 76.7 Å². The van der Waals surface area contributed by atoms with E-state index in [0.29, 0.717) is 26.1 Å². The third-order valence-electron chi connectivity index (χ3n) is 4.96. The quantitative estimate of drug-likeness (QED) is 0.222. The van der Waals surface area contributed by atoms with Crippen LogP contribution in [0.1, 0.15) is 111 Å². The van der Waals surface area contributed by atoms with E-state index in [0.717, 1.165) is 38.5 Å². The lowest BCUT2D eigenvalue weighted by molar-refractivity contribution is 0.103. The molecule has 0 aromatic heterocycles. The van der Waals surface area contributed by atoms with Crippen LogP contribution in [0, 0.1) is 0 Å². The van der Waals surface area contributed by atoms with E-state index >= 15 is 0 Å². The van der Waals surface area contributed by atoms with Crippen LogP contribution in [0.5, 0.6) is 0 Å². The molecule has 0 spiro atoms. The zero-order chi connectivity index (χ0) is 21.1. The number of hydrogen-bond acceptors (Lipinski definition) is 4. The molecule has 0 saturated carbocycles. The largest absolute Gasteiger partial charge is 0.450 e. The highest BCUT2D eigenvalue weighted by molar-refractivity contribution is 5.72. The maximum Gasteiger partial charge on any atom is 0.408 e. The molecule has 2 N–H and O–H groups in total. The Morgan fingerprint density at radius 1 is 0.643 bits per heavy atom. The Morgan fingerprint density at radius 2 is 1.07 bits per heavy atom. The van der Waals surface area contributed by atoms with Crippen LogP contribution in [0.3, 0.4) is 0 Å². The molecule has 6 heteroatoms.